The van der Waals surface area contributed by atoms with Gasteiger partial charge in [0.15, 0.2) is 0 Å². The van der Waals surface area contributed by atoms with E-state index in [4.69, 9.17) is 5.11 Å². The van der Waals surface area contributed by atoms with Gasteiger partial charge < -0.3 is 5.11 Å². The molecular weight excluding hydrogens is 283 g/mol. The smallest absolute Gasteiger partial charge is 0.389 e. The molecule has 3 atom stereocenters. The Morgan fingerprint density at radius 1 is 1.29 bits per heavy atom. The van der Waals surface area contributed by atoms with Gasteiger partial charge in [0.1, 0.15) is 0 Å². The van der Waals surface area contributed by atoms with Gasteiger partial charge in [-0.25, -0.2) is 0 Å². The van der Waals surface area contributed by atoms with Crippen LogP contribution in [0.25, 0.3) is 0 Å². The molecule has 2 heterocycles. The first-order chi connectivity index (χ1) is 9.76. The Morgan fingerprint density at radius 2 is 1.86 bits per heavy atom. The van der Waals surface area contributed by atoms with Gasteiger partial charge >= 0.3 is 12.1 Å². The third-order valence-electron chi connectivity index (χ3n) is 4.94. The molecule has 2 fully saturated rings. The predicted octanol–water partition coefficient (Wildman–Crippen LogP) is 3.83. The van der Waals surface area contributed by atoms with E-state index in [1.54, 1.807) is 0 Å². The lowest BCUT2D eigenvalue weighted by Crippen LogP contribution is -2.48. The van der Waals surface area contributed by atoms with Crippen molar-refractivity contribution in [2.75, 3.05) is 0 Å². The number of hydrogen-bond acceptors (Lipinski definition) is 2. The van der Waals surface area contributed by atoms with Crippen molar-refractivity contribution in [2.24, 2.45) is 5.92 Å². The maximum absolute atomic E-state index is 12.2. The molecule has 0 aromatic rings. The van der Waals surface area contributed by atoms with Crippen LogP contribution in [0.5, 0.6) is 0 Å². The lowest BCUT2D eigenvalue weighted by Gasteiger charge is -2.42. The molecule has 122 valence electrons. The first-order valence-electron chi connectivity index (χ1n) is 7.82. The Morgan fingerprint density at radius 3 is 2.33 bits per heavy atom. The maximum Gasteiger partial charge on any atom is 0.389 e. The van der Waals surface area contributed by atoms with Crippen molar-refractivity contribution in [3.8, 4) is 0 Å². The van der Waals surface area contributed by atoms with Crippen LogP contribution < -0.4 is 0 Å². The molecule has 2 saturated heterocycles. The van der Waals surface area contributed by atoms with Gasteiger partial charge in [0.2, 0.25) is 0 Å². The Hall–Kier alpha value is -0.780. The Bertz CT molecular complexity index is 358. The van der Waals surface area contributed by atoms with Gasteiger partial charge in [-0.1, -0.05) is 0 Å². The van der Waals surface area contributed by atoms with Crippen molar-refractivity contribution in [3.05, 3.63) is 0 Å². The summed E-state index contributed by atoms with van der Waals surface area (Å²) in [6.07, 6.45) is 0.0848. The second kappa shape index (κ2) is 6.55. The molecule has 3 nitrogen and oxygen atoms in total. The highest BCUT2D eigenvalue weighted by Crippen LogP contribution is 2.41. The quantitative estimate of drug-likeness (QED) is 0.811. The average Bonchev–Trinajstić information content (AvgIpc) is 2.59. The van der Waals surface area contributed by atoms with Crippen molar-refractivity contribution >= 4 is 5.97 Å². The molecule has 0 aliphatic carbocycles. The van der Waals surface area contributed by atoms with Crippen molar-refractivity contribution in [3.63, 3.8) is 0 Å². The van der Waals surface area contributed by atoms with E-state index in [1.165, 1.54) is 0 Å². The van der Waals surface area contributed by atoms with E-state index in [1.807, 2.05) is 6.92 Å². The number of carbonyl (C=O) groups is 1. The highest BCUT2D eigenvalue weighted by Gasteiger charge is 2.43. The molecule has 2 bridgehead atoms. The molecule has 0 radical (unpaired) electrons. The fourth-order valence-electron chi connectivity index (χ4n) is 4.21. The van der Waals surface area contributed by atoms with Gasteiger partial charge in [-0.2, -0.15) is 13.2 Å². The number of fused-ring (bicyclic) bond motifs is 2. The molecule has 6 heteroatoms. The fraction of sp³-hybridized carbons (Fsp3) is 0.933. The predicted molar refractivity (Wildman–Crippen MR) is 73.0 cm³/mol. The monoisotopic (exact) mass is 307 g/mol. The number of aliphatic carboxylic acids is 1. The molecule has 2 aliphatic heterocycles. The molecule has 2 aliphatic rings. The maximum atomic E-state index is 12.2. The number of carboxylic acids is 1. The van der Waals surface area contributed by atoms with E-state index >= 15 is 0 Å². The van der Waals surface area contributed by atoms with Crippen molar-refractivity contribution in [1.82, 2.24) is 4.90 Å². The summed E-state index contributed by atoms with van der Waals surface area (Å²) >= 11 is 0. The Balaban J connectivity index is 1.83. The average molecular weight is 307 g/mol. The van der Waals surface area contributed by atoms with E-state index < -0.39 is 18.6 Å². The summed E-state index contributed by atoms with van der Waals surface area (Å²) in [7, 11) is 0. The van der Waals surface area contributed by atoms with Crippen LogP contribution in [0.2, 0.25) is 0 Å². The van der Waals surface area contributed by atoms with E-state index in [0.29, 0.717) is 18.5 Å². The molecule has 3 unspecified atom stereocenters. The number of alkyl halides is 3. The van der Waals surface area contributed by atoms with E-state index in [-0.39, 0.29) is 24.8 Å². The lowest BCUT2D eigenvalue weighted by molar-refractivity contribution is -0.138. The van der Waals surface area contributed by atoms with Crippen LogP contribution in [0.4, 0.5) is 13.2 Å². The van der Waals surface area contributed by atoms with Gasteiger partial charge in [-0.05, 0) is 51.4 Å². The van der Waals surface area contributed by atoms with Crippen LogP contribution in [-0.2, 0) is 4.79 Å². The zero-order valence-corrected chi connectivity index (χ0v) is 12.4. The Kier molecular flexibility index (Phi) is 5.17. The van der Waals surface area contributed by atoms with Gasteiger partial charge in [0.05, 0.1) is 0 Å². The molecular formula is C15H24F3NO2. The number of hydrogen-bond donors (Lipinski definition) is 1. The summed E-state index contributed by atoms with van der Waals surface area (Å²) in [6, 6.07) is 0.901. The minimum atomic E-state index is -4.06. The minimum Gasteiger partial charge on any atom is -0.481 e. The van der Waals surface area contributed by atoms with Crippen LogP contribution in [0.15, 0.2) is 0 Å². The first kappa shape index (κ1) is 16.6. The third-order valence-corrected chi connectivity index (χ3v) is 4.94. The largest absolute Gasteiger partial charge is 0.481 e. The molecule has 0 amide bonds. The normalized spacial score (nSPS) is 31.3. The zero-order valence-electron chi connectivity index (χ0n) is 12.4. The second-order valence-corrected chi connectivity index (χ2v) is 6.62. The molecule has 21 heavy (non-hydrogen) atoms. The van der Waals surface area contributed by atoms with Crippen LogP contribution in [0, 0.1) is 5.92 Å². The summed E-state index contributed by atoms with van der Waals surface area (Å²) in [6.45, 7) is 2.01. The number of carboxylic acid groups (broad SMARTS) is 1. The Labute approximate surface area is 123 Å². The summed E-state index contributed by atoms with van der Waals surface area (Å²) in [5.74, 6) is -0.510. The molecule has 1 N–H and O–H groups in total. The SMILES string of the molecule is CC(CCCC(F)(F)F)N1C2CCC1CC(CC(=O)O)C2. The summed E-state index contributed by atoms with van der Waals surface area (Å²) in [5, 5.41) is 8.91. The highest BCUT2D eigenvalue weighted by atomic mass is 19.4. The summed E-state index contributed by atoms with van der Waals surface area (Å²) < 4.78 is 36.7. The van der Waals surface area contributed by atoms with Gasteiger partial charge in [-0.3, -0.25) is 9.69 Å². The van der Waals surface area contributed by atoms with Crippen LogP contribution in [0.3, 0.4) is 0 Å². The van der Waals surface area contributed by atoms with E-state index in [0.717, 1.165) is 25.7 Å². The number of halogens is 3. The third kappa shape index (κ3) is 4.59. The van der Waals surface area contributed by atoms with E-state index in [2.05, 4.69) is 4.90 Å². The number of rotatable bonds is 6. The van der Waals surface area contributed by atoms with Crippen molar-refractivity contribution < 1.29 is 23.1 Å². The second-order valence-electron chi connectivity index (χ2n) is 6.62. The van der Waals surface area contributed by atoms with Crippen molar-refractivity contribution in [1.29, 1.82) is 0 Å². The summed E-state index contributed by atoms with van der Waals surface area (Å²) in [5.41, 5.74) is 0. The molecule has 2 rings (SSSR count). The van der Waals surface area contributed by atoms with Crippen LogP contribution in [-0.4, -0.2) is 40.3 Å². The van der Waals surface area contributed by atoms with Gasteiger partial charge in [0.25, 0.3) is 0 Å². The molecule has 0 aromatic carbocycles. The topological polar surface area (TPSA) is 40.5 Å². The minimum absolute atomic E-state index is 0.163. The van der Waals surface area contributed by atoms with Crippen molar-refractivity contribution in [2.45, 2.75) is 82.6 Å². The number of piperidine rings is 1. The standard InChI is InChI=1S/C15H24F3NO2/c1-10(3-2-6-15(16,17)18)19-12-4-5-13(19)8-11(7-12)9-14(20)21/h10-13H,2-9H2,1H3,(H,20,21). The zero-order chi connectivity index (χ0) is 15.6. The molecule has 0 spiro atoms. The summed E-state index contributed by atoms with van der Waals surface area (Å²) in [4.78, 5) is 13.2. The fourth-order valence-corrected chi connectivity index (χ4v) is 4.21. The first-order valence-corrected chi connectivity index (χ1v) is 7.82. The van der Waals surface area contributed by atoms with Crippen LogP contribution in [0.1, 0.15) is 58.3 Å². The number of nitrogens with zero attached hydrogens (tertiary/aromatic N) is 1. The van der Waals surface area contributed by atoms with Gasteiger partial charge in [0, 0.05) is 31.0 Å². The lowest BCUT2D eigenvalue weighted by atomic mass is 9.87. The van der Waals surface area contributed by atoms with Crippen LogP contribution >= 0.6 is 0 Å². The molecule has 0 saturated carbocycles. The molecule has 0 aromatic heterocycles. The van der Waals surface area contributed by atoms with E-state index in [9.17, 15) is 18.0 Å². The highest BCUT2D eigenvalue weighted by molar-refractivity contribution is 5.67. The van der Waals surface area contributed by atoms with Gasteiger partial charge in [-0.15, -0.1) is 0 Å².